The van der Waals surface area contributed by atoms with Crippen LogP contribution in [0, 0.1) is 0 Å². The van der Waals surface area contributed by atoms with Crippen LogP contribution in [0.15, 0.2) is 81.6 Å². The molecule has 0 spiro atoms. The Morgan fingerprint density at radius 2 is 1.68 bits per heavy atom. The molecule has 10 heteroatoms. The lowest BCUT2D eigenvalue weighted by Gasteiger charge is -2.20. The molecule has 0 bridgehead atoms. The molecule has 0 atom stereocenters. The Hall–Kier alpha value is -3.82. The molecular weight excluding hydrogens is 476 g/mol. The molecule has 2 aliphatic heterocycles. The minimum atomic E-state index is -4.10. The minimum absolute atomic E-state index is 0. The number of carbonyl (C=O) groups is 2. The summed E-state index contributed by atoms with van der Waals surface area (Å²) in [7, 11) is -4.10. The summed E-state index contributed by atoms with van der Waals surface area (Å²) in [5.74, 6) is -0.193. The number of rotatable bonds is 3. The molecule has 3 aromatic carbocycles. The molecule has 0 aliphatic carbocycles. The first-order valence-electron chi connectivity index (χ1n) is 10.2. The van der Waals surface area contributed by atoms with Crippen molar-refractivity contribution in [2.24, 2.45) is 9.98 Å². The summed E-state index contributed by atoms with van der Waals surface area (Å²) in [6, 6.07) is 18.0. The molecule has 34 heavy (non-hydrogen) atoms. The van der Waals surface area contributed by atoms with Crippen LogP contribution in [0.3, 0.4) is 0 Å². The Balaban J connectivity index is 0.00000274. The summed E-state index contributed by atoms with van der Waals surface area (Å²) in [4.78, 5) is 33.3. The van der Waals surface area contributed by atoms with Crippen LogP contribution >= 0.6 is 12.4 Å². The lowest BCUT2D eigenvalue weighted by molar-refractivity contribution is 0.0989. The topological polar surface area (TPSA) is 122 Å². The van der Waals surface area contributed by atoms with Crippen LogP contribution in [0.5, 0.6) is 0 Å². The molecule has 3 aromatic rings. The number of urea groups is 1. The van der Waals surface area contributed by atoms with E-state index in [-0.39, 0.29) is 23.2 Å². The van der Waals surface area contributed by atoms with Gasteiger partial charge in [0.25, 0.3) is 5.91 Å². The Kier molecular flexibility index (Phi) is 6.07. The molecule has 3 amide bonds. The number of carbonyl (C=O) groups excluding carboxylic acids is 2. The van der Waals surface area contributed by atoms with Gasteiger partial charge in [-0.05, 0) is 53.9 Å². The van der Waals surface area contributed by atoms with Gasteiger partial charge in [0.2, 0.25) is 9.84 Å². The van der Waals surface area contributed by atoms with Crippen molar-refractivity contribution in [3.05, 3.63) is 77.9 Å². The van der Waals surface area contributed by atoms with Crippen molar-refractivity contribution in [1.82, 2.24) is 0 Å². The number of benzene rings is 3. The van der Waals surface area contributed by atoms with E-state index in [1.807, 2.05) is 30.3 Å². The highest BCUT2D eigenvalue weighted by Gasteiger charge is 2.34. The van der Waals surface area contributed by atoms with Crippen molar-refractivity contribution >= 4 is 56.8 Å². The molecule has 0 fully saturated rings. The lowest BCUT2D eigenvalue weighted by atomic mass is 9.97. The molecule has 0 saturated carbocycles. The van der Waals surface area contributed by atoms with Gasteiger partial charge >= 0.3 is 6.03 Å². The zero-order valence-electron chi connectivity index (χ0n) is 17.7. The van der Waals surface area contributed by atoms with Crippen LogP contribution in [0.4, 0.5) is 16.2 Å². The number of aliphatic imine (C=N–C) groups is 2. The summed E-state index contributed by atoms with van der Waals surface area (Å²) in [6.07, 6.45) is 1.44. The minimum Gasteiger partial charge on any atom is -0.399 e. The van der Waals surface area contributed by atoms with Gasteiger partial charge in [0.1, 0.15) is 0 Å². The second-order valence-corrected chi connectivity index (χ2v) is 9.49. The Labute approximate surface area is 202 Å². The fourth-order valence-electron chi connectivity index (χ4n) is 4.11. The molecule has 2 heterocycles. The summed E-state index contributed by atoms with van der Waals surface area (Å²) in [5, 5.41) is -0.391. The van der Waals surface area contributed by atoms with Gasteiger partial charge in [-0.25, -0.2) is 13.2 Å². The first-order valence-corrected chi connectivity index (χ1v) is 11.6. The average molecular weight is 495 g/mol. The van der Waals surface area contributed by atoms with Gasteiger partial charge in [0, 0.05) is 29.0 Å². The average Bonchev–Trinajstić information content (AvgIpc) is 3.46. The molecule has 5 rings (SSSR count). The summed E-state index contributed by atoms with van der Waals surface area (Å²) in [6.45, 7) is 0.406. The quantitative estimate of drug-likeness (QED) is 0.552. The molecular formula is C24H19ClN4O4S. The molecule has 172 valence electrons. The SMILES string of the molecule is Cl.Nc1ccc(C(=O)N2CCc3c2ccc(S(=O)(=O)C2=NC(=O)N=C2)c3-c2ccccc2)cc1. The van der Waals surface area contributed by atoms with E-state index in [1.165, 1.54) is 6.07 Å². The van der Waals surface area contributed by atoms with E-state index in [0.29, 0.717) is 41.0 Å². The van der Waals surface area contributed by atoms with E-state index in [4.69, 9.17) is 5.73 Å². The Bertz CT molecular complexity index is 1470. The number of fused-ring (bicyclic) bond motifs is 1. The third kappa shape index (κ3) is 3.89. The highest BCUT2D eigenvalue weighted by atomic mass is 35.5. The number of nitrogen functional groups attached to an aromatic ring is 1. The van der Waals surface area contributed by atoms with Gasteiger partial charge in [0.05, 0.1) is 11.1 Å². The van der Waals surface area contributed by atoms with Gasteiger partial charge in [-0.3, -0.25) is 4.79 Å². The monoisotopic (exact) mass is 494 g/mol. The first kappa shape index (κ1) is 23.3. The molecule has 2 aliphatic rings. The summed E-state index contributed by atoms with van der Waals surface area (Å²) in [5.41, 5.74) is 9.37. The number of hydrogen-bond donors (Lipinski definition) is 1. The van der Waals surface area contributed by atoms with Crippen molar-refractivity contribution in [2.45, 2.75) is 11.3 Å². The van der Waals surface area contributed by atoms with Gasteiger partial charge in [-0.2, -0.15) is 9.98 Å². The van der Waals surface area contributed by atoms with Crippen LogP contribution in [0.1, 0.15) is 15.9 Å². The fraction of sp³-hybridized carbons (Fsp3) is 0.0833. The smallest absolute Gasteiger partial charge is 0.368 e. The third-order valence-electron chi connectivity index (χ3n) is 5.65. The maximum Gasteiger partial charge on any atom is 0.368 e. The normalized spacial score (nSPS) is 14.5. The number of halogens is 1. The lowest BCUT2D eigenvalue weighted by Crippen LogP contribution is -2.28. The van der Waals surface area contributed by atoms with Gasteiger partial charge in [-0.15, -0.1) is 12.4 Å². The van der Waals surface area contributed by atoms with Gasteiger partial charge in [-0.1, -0.05) is 30.3 Å². The summed E-state index contributed by atoms with van der Waals surface area (Å²) >= 11 is 0. The van der Waals surface area contributed by atoms with E-state index < -0.39 is 20.9 Å². The predicted molar refractivity (Wildman–Crippen MR) is 134 cm³/mol. The number of anilines is 2. The zero-order valence-corrected chi connectivity index (χ0v) is 19.3. The Morgan fingerprint density at radius 1 is 0.971 bits per heavy atom. The predicted octanol–water partition coefficient (Wildman–Crippen LogP) is 3.94. The van der Waals surface area contributed by atoms with Gasteiger partial charge < -0.3 is 10.6 Å². The van der Waals surface area contributed by atoms with Crippen LogP contribution in [0.2, 0.25) is 0 Å². The van der Waals surface area contributed by atoms with Crippen LogP contribution in [0.25, 0.3) is 11.1 Å². The highest BCUT2D eigenvalue weighted by Crippen LogP contribution is 2.41. The number of hydrogen-bond acceptors (Lipinski definition) is 5. The first-order chi connectivity index (χ1) is 15.9. The number of amides is 3. The highest BCUT2D eigenvalue weighted by molar-refractivity contribution is 8.08. The Morgan fingerprint density at radius 3 is 2.32 bits per heavy atom. The van der Waals surface area contributed by atoms with Crippen molar-refractivity contribution < 1.29 is 18.0 Å². The maximum atomic E-state index is 13.4. The molecule has 0 radical (unpaired) electrons. The maximum absolute atomic E-state index is 13.4. The van der Waals surface area contributed by atoms with Crippen molar-refractivity contribution in [3.8, 4) is 11.1 Å². The largest absolute Gasteiger partial charge is 0.399 e. The third-order valence-corrected chi connectivity index (χ3v) is 7.31. The van der Waals surface area contributed by atoms with E-state index >= 15 is 0 Å². The van der Waals surface area contributed by atoms with Gasteiger partial charge in [0.15, 0.2) is 5.04 Å². The van der Waals surface area contributed by atoms with E-state index in [9.17, 15) is 18.0 Å². The summed E-state index contributed by atoms with van der Waals surface area (Å²) < 4.78 is 26.8. The van der Waals surface area contributed by atoms with E-state index in [2.05, 4.69) is 9.98 Å². The van der Waals surface area contributed by atoms with Crippen molar-refractivity contribution in [3.63, 3.8) is 0 Å². The van der Waals surface area contributed by atoms with E-state index in [0.717, 1.165) is 11.8 Å². The van der Waals surface area contributed by atoms with Crippen LogP contribution in [-0.4, -0.2) is 38.2 Å². The second-order valence-electron chi connectivity index (χ2n) is 7.63. The zero-order chi connectivity index (χ0) is 23.2. The number of nitrogens with zero attached hydrogens (tertiary/aromatic N) is 3. The second kappa shape index (κ2) is 8.85. The van der Waals surface area contributed by atoms with Crippen molar-refractivity contribution in [1.29, 1.82) is 0 Å². The van der Waals surface area contributed by atoms with E-state index in [1.54, 1.807) is 35.2 Å². The molecule has 0 unspecified atom stereocenters. The van der Waals surface area contributed by atoms with Crippen LogP contribution < -0.4 is 10.6 Å². The molecule has 2 N–H and O–H groups in total. The van der Waals surface area contributed by atoms with Crippen molar-refractivity contribution in [2.75, 3.05) is 17.2 Å². The number of sulfone groups is 1. The molecule has 0 aromatic heterocycles. The fourth-order valence-corrected chi connectivity index (χ4v) is 5.48. The standard InChI is InChI=1S/C24H18N4O4S.ClH/c25-17-8-6-16(7-9-17)23(29)28-13-12-18-19(28)10-11-20(22(18)15-4-2-1-3-5-15)33(31,32)21-14-26-24(30)27-21;/h1-11,14H,12-13,25H2;1H. The van der Waals surface area contributed by atoms with Crippen LogP contribution in [-0.2, 0) is 16.3 Å². The molecule has 0 saturated heterocycles. The number of nitrogens with two attached hydrogens (primary N) is 1. The molecule has 8 nitrogen and oxygen atoms in total.